The molecule has 0 aliphatic carbocycles. The van der Waals surface area contributed by atoms with Crippen molar-refractivity contribution in [2.24, 2.45) is 5.92 Å². The molecule has 1 saturated heterocycles. The number of para-hydroxylation sites is 1. The van der Waals surface area contributed by atoms with Gasteiger partial charge in [-0.2, -0.15) is 0 Å². The molecule has 0 bridgehead atoms. The van der Waals surface area contributed by atoms with E-state index in [1.807, 2.05) is 30.3 Å². The van der Waals surface area contributed by atoms with Crippen LogP contribution in [0.1, 0.15) is 31.4 Å². The zero-order chi connectivity index (χ0) is 21.6. The Balaban J connectivity index is 1.21. The van der Waals surface area contributed by atoms with Crippen molar-refractivity contribution >= 4 is 35.2 Å². The molecule has 1 aromatic heterocycles. The van der Waals surface area contributed by atoms with Gasteiger partial charge in [-0.25, -0.2) is 0 Å². The van der Waals surface area contributed by atoms with Crippen LogP contribution >= 0.6 is 11.8 Å². The van der Waals surface area contributed by atoms with E-state index in [1.165, 1.54) is 0 Å². The summed E-state index contributed by atoms with van der Waals surface area (Å²) < 4.78 is 5.23. The quantitative estimate of drug-likeness (QED) is 0.745. The van der Waals surface area contributed by atoms with Gasteiger partial charge >= 0.3 is 0 Å². The number of fused-ring (bicyclic) bond motifs is 1. The average molecular weight is 442 g/mol. The van der Waals surface area contributed by atoms with E-state index in [1.54, 1.807) is 33.9 Å². The number of carbonyl (C=O) groups is 3. The Morgan fingerprint density at radius 3 is 2.55 bits per heavy atom. The van der Waals surface area contributed by atoms with Crippen LogP contribution in [0.5, 0.6) is 0 Å². The lowest BCUT2D eigenvalue weighted by Crippen LogP contribution is -2.43. The molecule has 0 unspecified atom stereocenters. The lowest BCUT2D eigenvalue weighted by Gasteiger charge is -2.32. The van der Waals surface area contributed by atoms with Crippen LogP contribution in [-0.2, 0) is 20.9 Å². The zero-order valence-electron chi connectivity index (χ0n) is 17.4. The standard InChI is InChI=1S/C23H27N3O4S/c27-21(7-8-22(28)26-13-15-31-20-6-2-1-5-19(20)26)25-11-9-17(10-12-25)23(29)24-16-18-4-3-14-30-18/h1-6,14,17H,7-13,15-16H2,(H,24,29). The van der Waals surface area contributed by atoms with Gasteiger partial charge in [-0.05, 0) is 37.1 Å². The van der Waals surface area contributed by atoms with Crippen molar-refractivity contribution < 1.29 is 18.8 Å². The molecular formula is C23H27N3O4S. The monoisotopic (exact) mass is 441 g/mol. The molecule has 1 fully saturated rings. The van der Waals surface area contributed by atoms with E-state index in [0.717, 1.165) is 22.1 Å². The summed E-state index contributed by atoms with van der Waals surface area (Å²) >= 11 is 1.76. The first kappa shape index (κ1) is 21.5. The van der Waals surface area contributed by atoms with Crippen LogP contribution in [0.2, 0.25) is 0 Å². The molecule has 2 aromatic rings. The van der Waals surface area contributed by atoms with Gasteiger partial charge < -0.3 is 19.5 Å². The van der Waals surface area contributed by atoms with E-state index in [-0.39, 0.29) is 36.5 Å². The van der Waals surface area contributed by atoms with Crippen molar-refractivity contribution in [2.45, 2.75) is 37.1 Å². The van der Waals surface area contributed by atoms with Crippen LogP contribution < -0.4 is 10.2 Å². The number of likely N-dealkylation sites (tertiary alicyclic amines) is 1. The third-order valence-corrected chi connectivity index (χ3v) is 6.86. The van der Waals surface area contributed by atoms with Crippen molar-refractivity contribution in [1.82, 2.24) is 10.2 Å². The third-order valence-electron chi connectivity index (χ3n) is 5.82. The second-order valence-corrected chi connectivity index (χ2v) is 8.95. The van der Waals surface area contributed by atoms with Crippen molar-refractivity contribution in [2.75, 3.05) is 30.3 Å². The summed E-state index contributed by atoms with van der Waals surface area (Å²) in [6, 6.07) is 11.5. The fourth-order valence-electron chi connectivity index (χ4n) is 4.06. The number of hydrogen-bond acceptors (Lipinski definition) is 5. The van der Waals surface area contributed by atoms with E-state index >= 15 is 0 Å². The summed E-state index contributed by atoms with van der Waals surface area (Å²) in [6.45, 7) is 2.16. The van der Waals surface area contributed by atoms with Crippen LogP contribution in [-0.4, -0.2) is 48.0 Å². The largest absolute Gasteiger partial charge is 0.467 e. The lowest BCUT2D eigenvalue weighted by atomic mass is 9.95. The number of amides is 3. The van der Waals surface area contributed by atoms with Crippen molar-refractivity contribution in [1.29, 1.82) is 0 Å². The second kappa shape index (κ2) is 10.0. The zero-order valence-corrected chi connectivity index (χ0v) is 18.2. The van der Waals surface area contributed by atoms with Gasteiger partial charge in [0.1, 0.15) is 5.76 Å². The first-order valence-corrected chi connectivity index (χ1v) is 11.7. The van der Waals surface area contributed by atoms with E-state index in [2.05, 4.69) is 5.32 Å². The van der Waals surface area contributed by atoms with Crippen molar-refractivity contribution in [3.05, 3.63) is 48.4 Å². The minimum Gasteiger partial charge on any atom is -0.467 e. The van der Waals surface area contributed by atoms with E-state index in [4.69, 9.17) is 4.42 Å². The molecule has 0 saturated carbocycles. The van der Waals surface area contributed by atoms with Gasteiger partial charge in [0, 0.05) is 49.0 Å². The molecule has 0 spiro atoms. The summed E-state index contributed by atoms with van der Waals surface area (Å²) in [5, 5.41) is 2.90. The van der Waals surface area contributed by atoms with Gasteiger partial charge in [0.2, 0.25) is 17.7 Å². The molecule has 2 aliphatic rings. The van der Waals surface area contributed by atoms with Gasteiger partial charge in [-0.1, -0.05) is 12.1 Å². The molecule has 0 radical (unpaired) electrons. The van der Waals surface area contributed by atoms with Crippen LogP contribution in [0.15, 0.2) is 52.0 Å². The van der Waals surface area contributed by atoms with Gasteiger partial charge in [-0.15, -0.1) is 11.8 Å². The number of rotatable bonds is 6. The fourth-order valence-corrected chi connectivity index (χ4v) is 5.05. The molecule has 1 N–H and O–H groups in total. The maximum Gasteiger partial charge on any atom is 0.227 e. The number of furan rings is 1. The van der Waals surface area contributed by atoms with Crippen LogP contribution in [0.25, 0.3) is 0 Å². The number of anilines is 1. The Morgan fingerprint density at radius 1 is 1.00 bits per heavy atom. The number of carbonyl (C=O) groups excluding carboxylic acids is 3. The summed E-state index contributed by atoms with van der Waals surface area (Å²) in [7, 11) is 0. The van der Waals surface area contributed by atoms with Gasteiger partial charge in [-0.3, -0.25) is 14.4 Å². The minimum atomic E-state index is -0.0944. The molecule has 2 aliphatic heterocycles. The molecule has 1 aromatic carbocycles. The minimum absolute atomic E-state index is 0.000287. The Labute approximate surface area is 186 Å². The molecule has 4 rings (SSSR count). The number of nitrogens with one attached hydrogen (secondary N) is 1. The number of benzene rings is 1. The van der Waals surface area contributed by atoms with Crippen LogP contribution in [0.4, 0.5) is 5.69 Å². The molecule has 7 nitrogen and oxygen atoms in total. The topological polar surface area (TPSA) is 82.9 Å². The number of nitrogens with zero attached hydrogens (tertiary/aromatic N) is 2. The second-order valence-electron chi connectivity index (χ2n) is 7.81. The predicted molar refractivity (Wildman–Crippen MR) is 119 cm³/mol. The van der Waals surface area contributed by atoms with Crippen molar-refractivity contribution in [3.63, 3.8) is 0 Å². The summed E-state index contributed by atoms with van der Waals surface area (Å²) in [6.07, 6.45) is 3.28. The Hall–Kier alpha value is -2.74. The van der Waals surface area contributed by atoms with Gasteiger partial charge in [0.15, 0.2) is 0 Å². The number of hydrogen-bond donors (Lipinski definition) is 1. The summed E-state index contributed by atoms with van der Waals surface area (Å²) in [5.41, 5.74) is 0.942. The highest BCUT2D eigenvalue weighted by Crippen LogP contribution is 2.34. The lowest BCUT2D eigenvalue weighted by molar-refractivity contribution is -0.136. The Kier molecular flexibility index (Phi) is 6.96. The predicted octanol–water partition coefficient (Wildman–Crippen LogP) is 3.05. The number of thioether (sulfide) groups is 1. The van der Waals surface area contributed by atoms with E-state index in [0.29, 0.717) is 39.0 Å². The van der Waals surface area contributed by atoms with Crippen molar-refractivity contribution in [3.8, 4) is 0 Å². The highest BCUT2D eigenvalue weighted by Gasteiger charge is 2.28. The normalized spacial score (nSPS) is 16.6. The Bertz CT molecular complexity index is 923. The molecule has 164 valence electrons. The molecular weight excluding hydrogens is 414 g/mol. The SMILES string of the molecule is O=C(NCc1ccco1)C1CCN(C(=O)CCC(=O)N2CCSc3ccccc32)CC1. The first-order chi connectivity index (χ1) is 15.1. The van der Waals surface area contributed by atoms with E-state index in [9.17, 15) is 14.4 Å². The van der Waals surface area contributed by atoms with E-state index < -0.39 is 0 Å². The smallest absolute Gasteiger partial charge is 0.227 e. The molecule has 3 heterocycles. The van der Waals surface area contributed by atoms with Gasteiger partial charge in [0.05, 0.1) is 18.5 Å². The highest BCUT2D eigenvalue weighted by molar-refractivity contribution is 7.99. The summed E-state index contributed by atoms with van der Waals surface area (Å²) in [4.78, 5) is 42.4. The molecule has 8 heteroatoms. The highest BCUT2D eigenvalue weighted by atomic mass is 32.2. The maximum atomic E-state index is 12.7. The van der Waals surface area contributed by atoms with Crippen LogP contribution in [0.3, 0.4) is 0 Å². The van der Waals surface area contributed by atoms with Crippen LogP contribution in [0, 0.1) is 5.92 Å². The summed E-state index contributed by atoms with van der Waals surface area (Å²) in [5.74, 6) is 1.48. The maximum absolute atomic E-state index is 12.7. The van der Waals surface area contributed by atoms with Gasteiger partial charge in [0.25, 0.3) is 0 Å². The molecule has 3 amide bonds. The molecule has 0 atom stereocenters. The third kappa shape index (κ3) is 5.31. The fraction of sp³-hybridized carbons (Fsp3) is 0.435. The average Bonchev–Trinajstić information content (AvgIpc) is 3.34. The molecule has 31 heavy (non-hydrogen) atoms. The Morgan fingerprint density at radius 2 is 1.77 bits per heavy atom. The number of piperidine rings is 1. The first-order valence-electron chi connectivity index (χ1n) is 10.7.